The van der Waals surface area contributed by atoms with Gasteiger partial charge in [0.25, 0.3) is 0 Å². The smallest absolute Gasteiger partial charge is 0.227 e. The van der Waals surface area contributed by atoms with Crippen molar-refractivity contribution in [1.82, 2.24) is 19.9 Å². The van der Waals surface area contributed by atoms with Crippen LogP contribution in [0.4, 0.5) is 0 Å². The molecular formula is C13H22N4O3. The van der Waals surface area contributed by atoms with Crippen molar-refractivity contribution >= 4 is 5.91 Å². The number of hydrogen-bond acceptors (Lipinski definition) is 6. The molecule has 0 atom stereocenters. The number of hydrogen-bond donors (Lipinski definition) is 1. The van der Waals surface area contributed by atoms with Gasteiger partial charge in [-0.25, -0.2) is 0 Å². The average Bonchev–Trinajstić information content (AvgIpc) is 2.71. The van der Waals surface area contributed by atoms with E-state index in [1.54, 1.807) is 6.92 Å². The average molecular weight is 282 g/mol. The second-order valence-electron chi connectivity index (χ2n) is 5.03. The molecule has 7 nitrogen and oxygen atoms in total. The molecule has 1 N–H and O–H groups in total. The number of rotatable bonds is 5. The summed E-state index contributed by atoms with van der Waals surface area (Å²) in [5.74, 6) is 1.25. The van der Waals surface area contributed by atoms with Crippen LogP contribution in [0.25, 0.3) is 0 Å². The topological polar surface area (TPSA) is 82.7 Å². The van der Waals surface area contributed by atoms with Gasteiger partial charge in [0, 0.05) is 39.0 Å². The molecule has 1 aromatic rings. The van der Waals surface area contributed by atoms with Gasteiger partial charge in [0.1, 0.15) is 0 Å². The minimum absolute atomic E-state index is 0.131. The number of carbonyl (C=O) groups excluding carboxylic acids is 1. The summed E-state index contributed by atoms with van der Waals surface area (Å²) in [6, 6.07) is 0. The molecule has 2 rings (SSSR count). The Morgan fingerprint density at radius 2 is 2.20 bits per heavy atom. The van der Waals surface area contributed by atoms with Gasteiger partial charge in [0.05, 0.1) is 6.61 Å². The van der Waals surface area contributed by atoms with Crippen LogP contribution in [0, 0.1) is 6.92 Å². The van der Waals surface area contributed by atoms with E-state index >= 15 is 0 Å². The molecule has 0 saturated carbocycles. The van der Waals surface area contributed by atoms with Crippen LogP contribution in [-0.2, 0) is 11.2 Å². The summed E-state index contributed by atoms with van der Waals surface area (Å²) in [5, 5.41) is 12.7. The molecule has 0 aliphatic carbocycles. The molecule has 1 aromatic heterocycles. The number of carbonyl (C=O) groups is 1. The maximum atomic E-state index is 12.2. The fraction of sp³-hybridized carbons (Fsp3) is 0.769. The zero-order chi connectivity index (χ0) is 14.4. The molecule has 112 valence electrons. The predicted molar refractivity (Wildman–Crippen MR) is 72.1 cm³/mol. The maximum Gasteiger partial charge on any atom is 0.227 e. The van der Waals surface area contributed by atoms with Gasteiger partial charge in [-0.05, 0) is 19.9 Å². The molecule has 1 saturated heterocycles. The summed E-state index contributed by atoms with van der Waals surface area (Å²) in [6.07, 6.45) is 1.85. The highest BCUT2D eigenvalue weighted by Crippen LogP contribution is 2.07. The van der Waals surface area contributed by atoms with Crippen molar-refractivity contribution < 1.29 is 14.4 Å². The van der Waals surface area contributed by atoms with Gasteiger partial charge in [-0.3, -0.25) is 9.69 Å². The van der Waals surface area contributed by atoms with Crippen LogP contribution in [-0.4, -0.2) is 70.3 Å². The SMILES string of the molecule is Cc1noc(CCC(=O)N2CCCN(CCO)CC2)n1. The van der Waals surface area contributed by atoms with E-state index in [1.165, 1.54) is 0 Å². The van der Waals surface area contributed by atoms with Crippen LogP contribution in [0.1, 0.15) is 24.6 Å². The predicted octanol–water partition coefficient (Wildman–Crippen LogP) is -0.163. The Morgan fingerprint density at radius 1 is 1.35 bits per heavy atom. The second kappa shape index (κ2) is 7.35. The lowest BCUT2D eigenvalue weighted by atomic mass is 10.2. The Morgan fingerprint density at radius 3 is 2.90 bits per heavy atom. The molecule has 1 fully saturated rings. The molecule has 20 heavy (non-hydrogen) atoms. The zero-order valence-corrected chi connectivity index (χ0v) is 11.9. The normalized spacial score (nSPS) is 17.2. The summed E-state index contributed by atoms with van der Waals surface area (Å²) in [7, 11) is 0. The third-order valence-electron chi connectivity index (χ3n) is 3.48. The minimum Gasteiger partial charge on any atom is -0.395 e. The van der Waals surface area contributed by atoms with E-state index in [4.69, 9.17) is 9.63 Å². The van der Waals surface area contributed by atoms with Crippen molar-refractivity contribution in [3.8, 4) is 0 Å². The van der Waals surface area contributed by atoms with Crippen molar-refractivity contribution in [2.75, 3.05) is 39.3 Å². The molecular weight excluding hydrogens is 260 g/mol. The maximum absolute atomic E-state index is 12.2. The fourth-order valence-electron chi connectivity index (χ4n) is 2.40. The summed E-state index contributed by atoms with van der Waals surface area (Å²) in [4.78, 5) is 20.3. The van der Waals surface area contributed by atoms with Crippen molar-refractivity contribution in [3.05, 3.63) is 11.7 Å². The second-order valence-corrected chi connectivity index (χ2v) is 5.03. The Bertz CT molecular complexity index is 435. The largest absolute Gasteiger partial charge is 0.395 e. The van der Waals surface area contributed by atoms with Gasteiger partial charge in [-0.15, -0.1) is 0 Å². The third kappa shape index (κ3) is 4.28. The van der Waals surface area contributed by atoms with Crippen molar-refractivity contribution in [2.45, 2.75) is 26.2 Å². The molecule has 1 amide bonds. The van der Waals surface area contributed by atoms with E-state index in [9.17, 15) is 4.79 Å². The molecule has 2 heterocycles. The van der Waals surface area contributed by atoms with Crippen LogP contribution in [0.3, 0.4) is 0 Å². The van der Waals surface area contributed by atoms with Gasteiger partial charge in [0.2, 0.25) is 11.8 Å². The fourth-order valence-corrected chi connectivity index (χ4v) is 2.40. The van der Waals surface area contributed by atoms with Gasteiger partial charge < -0.3 is 14.5 Å². The molecule has 0 aromatic carbocycles. The summed E-state index contributed by atoms with van der Waals surface area (Å²) in [6.45, 7) is 5.89. The lowest BCUT2D eigenvalue weighted by Crippen LogP contribution is -2.36. The molecule has 1 aliphatic rings. The summed E-state index contributed by atoms with van der Waals surface area (Å²) < 4.78 is 5.01. The van der Waals surface area contributed by atoms with Crippen LogP contribution in [0.15, 0.2) is 4.52 Å². The minimum atomic E-state index is 0.131. The number of aromatic nitrogens is 2. The van der Waals surface area contributed by atoms with E-state index < -0.39 is 0 Å². The van der Waals surface area contributed by atoms with Crippen molar-refractivity contribution in [1.29, 1.82) is 0 Å². The number of aliphatic hydroxyl groups is 1. The van der Waals surface area contributed by atoms with Crippen LogP contribution in [0.5, 0.6) is 0 Å². The van der Waals surface area contributed by atoms with E-state index in [0.717, 1.165) is 32.6 Å². The lowest BCUT2D eigenvalue weighted by Gasteiger charge is -2.21. The standard InChI is InChI=1S/C13H22N4O3/c1-11-14-12(20-15-11)3-4-13(19)17-6-2-5-16(7-8-17)9-10-18/h18H,2-10H2,1H3. The van der Waals surface area contributed by atoms with Gasteiger partial charge >= 0.3 is 0 Å². The molecule has 0 unspecified atom stereocenters. The van der Waals surface area contributed by atoms with Gasteiger partial charge in [-0.2, -0.15) is 4.98 Å². The highest BCUT2D eigenvalue weighted by atomic mass is 16.5. The van der Waals surface area contributed by atoms with Crippen molar-refractivity contribution in [3.63, 3.8) is 0 Å². The van der Waals surface area contributed by atoms with E-state index in [-0.39, 0.29) is 12.5 Å². The van der Waals surface area contributed by atoms with E-state index in [1.807, 2.05) is 4.90 Å². The van der Waals surface area contributed by atoms with E-state index in [2.05, 4.69) is 15.0 Å². The van der Waals surface area contributed by atoms with Crippen LogP contribution >= 0.6 is 0 Å². The Hall–Kier alpha value is -1.47. The first-order valence-electron chi connectivity index (χ1n) is 7.09. The van der Waals surface area contributed by atoms with E-state index in [0.29, 0.717) is 31.1 Å². The number of aliphatic hydroxyl groups excluding tert-OH is 1. The quantitative estimate of drug-likeness (QED) is 0.808. The first-order valence-corrected chi connectivity index (χ1v) is 7.09. The number of aryl methyl sites for hydroxylation is 2. The van der Waals surface area contributed by atoms with Crippen molar-refractivity contribution in [2.24, 2.45) is 0 Å². The van der Waals surface area contributed by atoms with Crippen LogP contribution < -0.4 is 0 Å². The van der Waals surface area contributed by atoms with Crippen LogP contribution in [0.2, 0.25) is 0 Å². The summed E-state index contributed by atoms with van der Waals surface area (Å²) >= 11 is 0. The lowest BCUT2D eigenvalue weighted by molar-refractivity contribution is -0.131. The Balaban J connectivity index is 1.77. The third-order valence-corrected chi connectivity index (χ3v) is 3.48. The zero-order valence-electron chi connectivity index (χ0n) is 11.9. The summed E-state index contributed by atoms with van der Waals surface area (Å²) in [5.41, 5.74) is 0. The number of nitrogens with zero attached hydrogens (tertiary/aromatic N) is 4. The van der Waals surface area contributed by atoms with Gasteiger partial charge in [-0.1, -0.05) is 5.16 Å². The highest BCUT2D eigenvalue weighted by molar-refractivity contribution is 5.76. The Labute approximate surface area is 118 Å². The van der Waals surface area contributed by atoms with Gasteiger partial charge in [0.15, 0.2) is 5.82 Å². The first kappa shape index (κ1) is 14.9. The molecule has 0 spiro atoms. The molecule has 1 aliphatic heterocycles. The molecule has 0 bridgehead atoms. The number of amides is 1. The monoisotopic (exact) mass is 282 g/mol. The highest BCUT2D eigenvalue weighted by Gasteiger charge is 2.19. The first-order chi connectivity index (χ1) is 9.69. The Kier molecular flexibility index (Phi) is 5.49. The molecule has 0 radical (unpaired) electrons. The molecule has 7 heteroatoms. The number of β-amino-alcohol motifs (C(OH)–C–C–N with tert-alkyl or cyclic N) is 1.